The van der Waals surface area contributed by atoms with Crippen molar-refractivity contribution in [3.8, 4) is 0 Å². The van der Waals surface area contributed by atoms with Crippen LogP contribution in [-0.2, 0) is 12.2 Å². The molecule has 0 N–H and O–H groups in total. The van der Waals surface area contributed by atoms with Crippen LogP contribution in [0.15, 0.2) is 0 Å². The second kappa shape index (κ2) is 2.28. The van der Waals surface area contributed by atoms with Gasteiger partial charge in [-0.05, 0) is 26.7 Å². The first-order chi connectivity index (χ1) is 5.65. The van der Waals surface area contributed by atoms with Crippen molar-refractivity contribution < 1.29 is 4.39 Å². The summed E-state index contributed by atoms with van der Waals surface area (Å²) in [6, 6.07) is 0. The zero-order valence-corrected chi connectivity index (χ0v) is 7.34. The van der Waals surface area contributed by atoms with Crippen molar-refractivity contribution in [1.82, 2.24) is 14.8 Å². The van der Waals surface area contributed by atoms with Gasteiger partial charge in [-0.3, -0.25) is 0 Å². The molecule has 1 fully saturated rings. The standard InChI is InChI=1S/C8H12FN3/c1-3-12-7(8(9)4-5-8)10-6(2)11-12/h3-5H2,1-2H3. The van der Waals surface area contributed by atoms with Crippen LogP contribution in [0.1, 0.15) is 31.4 Å². The van der Waals surface area contributed by atoms with E-state index in [0.717, 1.165) is 0 Å². The molecule has 2 rings (SSSR count). The number of rotatable bonds is 2. The summed E-state index contributed by atoms with van der Waals surface area (Å²) in [4.78, 5) is 4.09. The molecule has 0 amide bonds. The molecule has 1 heterocycles. The van der Waals surface area contributed by atoms with Gasteiger partial charge in [0.15, 0.2) is 11.5 Å². The minimum absolute atomic E-state index is 0.516. The largest absolute Gasteiger partial charge is 0.247 e. The molecule has 0 aliphatic heterocycles. The van der Waals surface area contributed by atoms with E-state index in [9.17, 15) is 4.39 Å². The van der Waals surface area contributed by atoms with Crippen molar-refractivity contribution >= 4 is 0 Å². The zero-order valence-electron chi connectivity index (χ0n) is 7.34. The highest BCUT2D eigenvalue weighted by molar-refractivity contribution is 5.12. The average Bonchev–Trinajstić information content (AvgIpc) is 2.64. The third-order valence-corrected chi connectivity index (χ3v) is 2.17. The molecule has 0 radical (unpaired) electrons. The van der Waals surface area contributed by atoms with Gasteiger partial charge in [-0.25, -0.2) is 14.1 Å². The Balaban J connectivity index is 2.41. The van der Waals surface area contributed by atoms with E-state index in [-0.39, 0.29) is 0 Å². The Labute approximate surface area is 70.6 Å². The van der Waals surface area contributed by atoms with Crippen LogP contribution in [0.25, 0.3) is 0 Å². The van der Waals surface area contributed by atoms with Crippen LogP contribution in [0.5, 0.6) is 0 Å². The summed E-state index contributed by atoms with van der Waals surface area (Å²) in [5, 5.41) is 4.10. The summed E-state index contributed by atoms with van der Waals surface area (Å²) < 4.78 is 15.2. The van der Waals surface area contributed by atoms with Crippen molar-refractivity contribution in [2.45, 2.75) is 38.9 Å². The fourth-order valence-corrected chi connectivity index (χ4v) is 1.34. The van der Waals surface area contributed by atoms with Gasteiger partial charge in [-0.2, -0.15) is 5.10 Å². The van der Waals surface area contributed by atoms with Crippen molar-refractivity contribution in [2.24, 2.45) is 0 Å². The minimum Gasteiger partial charge on any atom is -0.247 e. The molecule has 1 aliphatic rings. The van der Waals surface area contributed by atoms with Crippen molar-refractivity contribution in [1.29, 1.82) is 0 Å². The summed E-state index contributed by atoms with van der Waals surface area (Å²) >= 11 is 0. The molecule has 0 bridgehead atoms. The lowest BCUT2D eigenvalue weighted by atomic mass is 10.3. The first-order valence-electron chi connectivity index (χ1n) is 4.26. The lowest BCUT2D eigenvalue weighted by Crippen LogP contribution is -2.10. The lowest BCUT2D eigenvalue weighted by Gasteiger charge is -2.04. The van der Waals surface area contributed by atoms with E-state index < -0.39 is 5.67 Å². The van der Waals surface area contributed by atoms with Crippen LogP contribution in [0.3, 0.4) is 0 Å². The normalized spacial score (nSPS) is 19.6. The van der Waals surface area contributed by atoms with E-state index in [2.05, 4.69) is 10.1 Å². The number of halogens is 1. The summed E-state index contributed by atoms with van der Waals surface area (Å²) in [6.07, 6.45) is 1.20. The second-order valence-electron chi connectivity index (χ2n) is 3.26. The van der Waals surface area contributed by atoms with Gasteiger partial charge < -0.3 is 0 Å². The maximum Gasteiger partial charge on any atom is 0.170 e. The van der Waals surface area contributed by atoms with Crippen molar-refractivity contribution in [3.05, 3.63) is 11.6 Å². The molecule has 1 aromatic rings. The number of aryl methyl sites for hydroxylation is 2. The van der Waals surface area contributed by atoms with Gasteiger partial charge in [0.25, 0.3) is 0 Å². The molecule has 0 atom stereocenters. The van der Waals surface area contributed by atoms with Gasteiger partial charge >= 0.3 is 0 Å². The maximum absolute atomic E-state index is 13.6. The maximum atomic E-state index is 13.6. The lowest BCUT2D eigenvalue weighted by molar-refractivity contribution is 0.286. The van der Waals surface area contributed by atoms with E-state index in [4.69, 9.17) is 0 Å². The SMILES string of the molecule is CCn1nc(C)nc1C1(F)CC1. The van der Waals surface area contributed by atoms with Crippen LogP contribution >= 0.6 is 0 Å². The highest BCUT2D eigenvalue weighted by Gasteiger charge is 2.49. The number of hydrogen-bond donors (Lipinski definition) is 0. The highest BCUT2D eigenvalue weighted by atomic mass is 19.1. The molecule has 1 saturated carbocycles. The van der Waals surface area contributed by atoms with Crippen molar-refractivity contribution in [2.75, 3.05) is 0 Å². The van der Waals surface area contributed by atoms with Gasteiger partial charge in [0, 0.05) is 6.54 Å². The molecule has 0 aromatic carbocycles. The molecule has 1 aromatic heterocycles. The number of hydrogen-bond acceptors (Lipinski definition) is 2. The summed E-state index contributed by atoms with van der Waals surface area (Å²) in [6.45, 7) is 4.44. The van der Waals surface area contributed by atoms with E-state index in [1.54, 1.807) is 11.6 Å². The number of nitrogens with zero attached hydrogens (tertiary/aromatic N) is 3. The first-order valence-corrected chi connectivity index (χ1v) is 4.26. The van der Waals surface area contributed by atoms with E-state index in [1.165, 1.54) is 0 Å². The van der Waals surface area contributed by atoms with E-state index in [0.29, 0.717) is 31.0 Å². The van der Waals surface area contributed by atoms with Gasteiger partial charge in [-0.15, -0.1) is 0 Å². The van der Waals surface area contributed by atoms with Crippen LogP contribution in [-0.4, -0.2) is 14.8 Å². The summed E-state index contributed by atoms with van der Waals surface area (Å²) in [7, 11) is 0. The van der Waals surface area contributed by atoms with E-state index >= 15 is 0 Å². The Hall–Kier alpha value is -0.930. The molecule has 12 heavy (non-hydrogen) atoms. The molecular formula is C8H12FN3. The van der Waals surface area contributed by atoms with E-state index in [1.807, 2.05) is 6.92 Å². The molecule has 3 nitrogen and oxygen atoms in total. The van der Waals surface area contributed by atoms with Crippen LogP contribution < -0.4 is 0 Å². The quantitative estimate of drug-likeness (QED) is 0.672. The summed E-state index contributed by atoms with van der Waals surface area (Å²) in [5.41, 5.74) is -1.16. The molecule has 1 aliphatic carbocycles. The molecule has 66 valence electrons. The molecule has 0 spiro atoms. The third-order valence-electron chi connectivity index (χ3n) is 2.17. The fourth-order valence-electron chi connectivity index (χ4n) is 1.34. The predicted octanol–water partition coefficient (Wildman–Crippen LogP) is 1.57. The highest BCUT2D eigenvalue weighted by Crippen LogP contribution is 2.48. The number of aromatic nitrogens is 3. The van der Waals surface area contributed by atoms with Gasteiger partial charge in [0.2, 0.25) is 0 Å². The Morgan fingerprint density at radius 1 is 1.58 bits per heavy atom. The molecule has 0 saturated heterocycles. The molecule has 0 unspecified atom stereocenters. The van der Waals surface area contributed by atoms with Crippen molar-refractivity contribution in [3.63, 3.8) is 0 Å². The Kier molecular flexibility index (Phi) is 1.46. The third kappa shape index (κ3) is 1.02. The number of alkyl halides is 1. The smallest absolute Gasteiger partial charge is 0.170 e. The van der Waals surface area contributed by atoms with Gasteiger partial charge in [0.05, 0.1) is 0 Å². The van der Waals surface area contributed by atoms with Crippen LogP contribution in [0, 0.1) is 6.92 Å². The molecule has 4 heteroatoms. The first kappa shape index (κ1) is 7.71. The Morgan fingerprint density at radius 2 is 2.25 bits per heavy atom. The summed E-state index contributed by atoms with van der Waals surface area (Å²) in [5.74, 6) is 1.18. The van der Waals surface area contributed by atoms with Crippen LogP contribution in [0.4, 0.5) is 4.39 Å². The van der Waals surface area contributed by atoms with Crippen LogP contribution in [0.2, 0.25) is 0 Å². The average molecular weight is 169 g/mol. The monoisotopic (exact) mass is 169 g/mol. The zero-order chi connectivity index (χ0) is 8.77. The Bertz CT molecular complexity index is 301. The molecular weight excluding hydrogens is 157 g/mol. The van der Waals surface area contributed by atoms with Gasteiger partial charge in [0.1, 0.15) is 5.82 Å². The second-order valence-corrected chi connectivity index (χ2v) is 3.26. The Morgan fingerprint density at radius 3 is 2.75 bits per heavy atom. The minimum atomic E-state index is -1.16. The predicted molar refractivity (Wildman–Crippen MR) is 42.5 cm³/mol. The fraction of sp³-hybridized carbons (Fsp3) is 0.750. The topological polar surface area (TPSA) is 30.7 Å². The van der Waals surface area contributed by atoms with Gasteiger partial charge in [-0.1, -0.05) is 0 Å².